The van der Waals surface area contributed by atoms with Gasteiger partial charge in [0.15, 0.2) is 0 Å². The molecule has 1 fully saturated rings. The molecule has 0 saturated carbocycles. The Balaban J connectivity index is 1.96. The van der Waals surface area contributed by atoms with Crippen LogP contribution >= 0.6 is 15.9 Å². The molecule has 94 valence electrons. The molecular weight excluding hydrogens is 296 g/mol. The summed E-state index contributed by atoms with van der Waals surface area (Å²) < 4.78 is 3.26. The Morgan fingerprint density at radius 1 is 1.39 bits per heavy atom. The number of rotatable bonds is 1. The second kappa shape index (κ2) is 4.31. The van der Waals surface area contributed by atoms with Gasteiger partial charge in [-0.25, -0.2) is 4.79 Å². The van der Waals surface area contributed by atoms with Crippen molar-refractivity contribution in [2.75, 3.05) is 13.1 Å². The Morgan fingerprint density at radius 2 is 2.22 bits per heavy atom. The fraction of sp³-hybridized carbons (Fsp3) is 0.308. The summed E-state index contributed by atoms with van der Waals surface area (Å²) in [5.41, 5.74) is 1.15. The highest BCUT2D eigenvalue weighted by atomic mass is 79.9. The second-order valence-electron chi connectivity index (χ2n) is 4.57. The van der Waals surface area contributed by atoms with Crippen molar-refractivity contribution in [1.29, 1.82) is 0 Å². The van der Waals surface area contributed by atoms with E-state index in [9.17, 15) is 4.79 Å². The first-order chi connectivity index (χ1) is 8.66. The number of hydrogen-bond acceptors (Lipinski definition) is 1. The molecular formula is C13H13BrN2O2. The third-order valence-corrected chi connectivity index (χ3v) is 4.23. The fourth-order valence-electron chi connectivity index (χ4n) is 2.61. The van der Waals surface area contributed by atoms with Gasteiger partial charge in [0.1, 0.15) is 0 Å². The number of likely N-dealkylation sites (tertiary alicyclic amines) is 1. The summed E-state index contributed by atoms with van der Waals surface area (Å²) in [4.78, 5) is 12.4. The molecule has 1 aromatic carbocycles. The van der Waals surface area contributed by atoms with Gasteiger partial charge in [0, 0.05) is 34.7 Å². The number of hydrogen-bond donors (Lipinski definition) is 1. The summed E-state index contributed by atoms with van der Waals surface area (Å²) in [6, 6.07) is 8.41. The van der Waals surface area contributed by atoms with Crippen LogP contribution in [0, 0.1) is 0 Å². The van der Waals surface area contributed by atoms with E-state index in [1.807, 2.05) is 18.3 Å². The molecule has 3 rings (SSSR count). The van der Waals surface area contributed by atoms with Crippen molar-refractivity contribution in [3.63, 3.8) is 0 Å². The lowest BCUT2D eigenvalue weighted by molar-refractivity contribution is 0.154. The van der Waals surface area contributed by atoms with E-state index in [-0.39, 0.29) is 6.04 Å². The molecule has 1 aliphatic rings. The van der Waals surface area contributed by atoms with Gasteiger partial charge in [0.05, 0.1) is 6.04 Å². The molecule has 1 saturated heterocycles. The van der Waals surface area contributed by atoms with E-state index >= 15 is 0 Å². The van der Waals surface area contributed by atoms with Crippen LogP contribution in [0.15, 0.2) is 34.9 Å². The minimum atomic E-state index is -0.824. The average Bonchev–Trinajstić information content (AvgIpc) is 2.94. The molecule has 18 heavy (non-hydrogen) atoms. The van der Waals surface area contributed by atoms with Gasteiger partial charge in [-0.3, -0.25) is 0 Å². The minimum Gasteiger partial charge on any atom is -0.465 e. The van der Waals surface area contributed by atoms with Crippen LogP contribution in [0.1, 0.15) is 12.5 Å². The number of halogens is 1. The van der Waals surface area contributed by atoms with Crippen molar-refractivity contribution in [1.82, 2.24) is 9.47 Å². The van der Waals surface area contributed by atoms with Crippen molar-refractivity contribution >= 4 is 32.9 Å². The summed E-state index contributed by atoms with van der Waals surface area (Å²) >= 11 is 3.54. The zero-order valence-electron chi connectivity index (χ0n) is 9.71. The van der Waals surface area contributed by atoms with Gasteiger partial charge in [-0.2, -0.15) is 0 Å². The van der Waals surface area contributed by atoms with Crippen LogP contribution in [0.25, 0.3) is 10.9 Å². The normalized spacial score (nSPS) is 19.6. The monoisotopic (exact) mass is 308 g/mol. The third kappa shape index (κ3) is 1.79. The van der Waals surface area contributed by atoms with Crippen LogP contribution in [-0.4, -0.2) is 33.8 Å². The minimum absolute atomic E-state index is 0.243. The van der Waals surface area contributed by atoms with Gasteiger partial charge in [-0.15, -0.1) is 0 Å². The standard InChI is InChI=1S/C13H13BrN2O2/c14-11-2-1-3-12-10(11)5-7-16(12)9-4-6-15(8-9)13(17)18/h1-3,5,7,9H,4,6,8H2,(H,17,18)/t9-/m0/s1. The van der Waals surface area contributed by atoms with Crippen LogP contribution in [0.2, 0.25) is 0 Å². The lowest BCUT2D eigenvalue weighted by Gasteiger charge is -2.15. The van der Waals surface area contributed by atoms with Crippen molar-refractivity contribution < 1.29 is 9.90 Å². The number of amides is 1. The van der Waals surface area contributed by atoms with Gasteiger partial charge < -0.3 is 14.6 Å². The maximum Gasteiger partial charge on any atom is 0.407 e. The van der Waals surface area contributed by atoms with Gasteiger partial charge >= 0.3 is 6.09 Å². The topological polar surface area (TPSA) is 45.5 Å². The molecule has 2 heterocycles. The maximum atomic E-state index is 10.9. The Morgan fingerprint density at radius 3 is 2.94 bits per heavy atom. The van der Waals surface area contributed by atoms with Gasteiger partial charge in [0.2, 0.25) is 0 Å². The van der Waals surface area contributed by atoms with Gasteiger partial charge in [0.25, 0.3) is 0 Å². The molecule has 0 radical (unpaired) electrons. The van der Waals surface area contributed by atoms with E-state index in [4.69, 9.17) is 5.11 Å². The first-order valence-corrected chi connectivity index (χ1v) is 6.69. The van der Waals surface area contributed by atoms with Crippen LogP contribution in [0.3, 0.4) is 0 Å². The van der Waals surface area contributed by atoms with E-state index in [0.29, 0.717) is 13.1 Å². The van der Waals surface area contributed by atoms with E-state index < -0.39 is 6.09 Å². The molecule has 1 amide bonds. The Bertz CT molecular complexity index is 608. The van der Waals surface area contributed by atoms with Crippen LogP contribution in [0.5, 0.6) is 0 Å². The molecule has 2 aromatic rings. The Hall–Kier alpha value is -1.49. The molecule has 0 aliphatic carbocycles. The van der Waals surface area contributed by atoms with E-state index in [2.05, 4.69) is 32.6 Å². The highest BCUT2D eigenvalue weighted by Gasteiger charge is 2.27. The predicted molar refractivity (Wildman–Crippen MR) is 72.9 cm³/mol. The lowest BCUT2D eigenvalue weighted by atomic mass is 10.2. The van der Waals surface area contributed by atoms with Gasteiger partial charge in [-0.05, 0) is 24.6 Å². The molecule has 0 bridgehead atoms. The second-order valence-corrected chi connectivity index (χ2v) is 5.42. The van der Waals surface area contributed by atoms with E-state index in [0.717, 1.165) is 16.4 Å². The number of aromatic nitrogens is 1. The van der Waals surface area contributed by atoms with Crippen LogP contribution in [-0.2, 0) is 0 Å². The van der Waals surface area contributed by atoms with E-state index in [1.165, 1.54) is 10.3 Å². The molecule has 5 heteroatoms. The number of carbonyl (C=O) groups is 1. The van der Waals surface area contributed by atoms with Crippen molar-refractivity contribution in [2.45, 2.75) is 12.5 Å². The smallest absolute Gasteiger partial charge is 0.407 e. The fourth-order valence-corrected chi connectivity index (χ4v) is 3.10. The molecule has 1 N–H and O–H groups in total. The predicted octanol–water partition coefficient (Wildman–Crippen LogP) is 3.33. The lowest BCUT2D eigenvalue weighted by Crippen LogP contribution is -2.27. The maximum absolute atomic E-state index is 10.9. The molecule has 1 aromatic heterocycles. The first-order valence-electron chi connectivity index (χ1n) is 5.90. The third-order valence-electron chi connectivity index (χ3n) is 3.54. The largest absolute Gasteiger partial charge is 0.465 e. The zero-order valence-corrected chi connectivity index (χ0v) is 11.3. The summed E-state index contributed by atoms with van der Waals surface area (Å²) in [5.74, 6) is 0. The molecule has 0 spiro atoms. The SMILES string of the molecule is O=C(O)N1CC[C@H](n2ccc3c(Br)cccc32)C1. The summed E-state index contributed by atoms with van der Waals surface area (Å²) in [5, 5.41) is 10.2. The molecule has 1 aliphatic heterocycles. The average molecular weight is 309 g/mol. The zero-order chi connectivity index (χ0) is 12.7. The van der Waals surface area contributed by atoms with E-state index in [1.54, 1.807) is 0 Å². The number of fused-ring (bicyclic) bond motifs is 1. The summed E-state index contributed by atoms with van der Waals surface area (Å²) in [6.07, 6.45) is 2.10. The Labute approximate surface area is 113 Å². The van der Waals surface area contributed by atoms with Crippen LogP contribution in [0.4, 0.5) is 4.79 Å². The summed E-state index contributed by atoms with van der Waals surface area (Å²) in [7, 11) is 0. The number of carboxylic acid groups (broad SMARTS) is 1. The summed E-state index contributed by atoms with van der Waals surface area (Å²) in [6.45, 7) is 1.19. The molecule has 1 atom stereocenters. The van der Waals surface area contributed by atoms with Crippen molar-refractivity contribution in [3.8, 4) is 0 Å². The molecule has 4 nitrogen and oxygen atoms in total. The highest BCUT2D eigenvalue weighted by Crippen LogP contribution is 2.30. The van der Waals surface area contributed by atoms with Crippen LogP contribution < -0.4 is 0 Å². The van der Waals surface area contributed by atoms with Crippen molar-refractivity contribution in [2.24, 2.45) is 0 Å². The quantitative estimate of drug-likeness (QED) is 0.878. The first kappa shape index (κ1) is 11.6. The van der Waals surface area contributed by atoms with Gasteiger partial charge in [-0.1, -0.05) is 22.0 Å². The number of benzene rings is 1. The Kier molecular flexibility index (Phi) is 2.78. The van der Waals surface area contributed by atoms with Crippen molar-refractivity contribution in [3.05, 3.63) is 34.9 Å². The highest BCUT2D eigenvalue weighted by molar-refractivity contribution is 9.10. The molecule has 0 unspecified atom stereocenters. The number of nitrogens with zero attached hydrogens (tertiary/aromatic N) is 2.